The van der Waals surface area contributed by atoms with Gasteiger partial charge in [0.25, 0.3) is 0 Å². The molecule has 1 N–H and O–H groups in total. The zero-order valence-electron chi connectivity index (χ0n) is 17.3. The van der Waals surface area contributed by atoms with Gasteiger partial charge in [0.15, 0.2) is 0 Å². The number of aromatic nitrogens is 1. The van der Waals surface area contributed by atoms with Gasteiger partial charge in [0.2, 0.25) is 0 Å². The van der Waals surface area contributed by atoms with Crippen LogP contribution in [0.2, 0.25) is 0 Å². The predicted molar refractivity (Wildman–Crippen MR) is 128 cm³/mol. The molecule has 2 heteroatoms. The Hall–Kier alpha value is -3.10. The van der Waals surface area contributed by atoms with E-state index in [0.717, 1.165) is 19.6 Å². The molecule has 1 aliphatic heterocycles. The second-order valence-corrected chi connectivity index (χ2v) is 8.24. The van der Waals surface area contributed by atoms with Crippen molar-refractivity contribution in [2.24, 2.45) is 0 Å². The van der Waals surface area contributed by atoms with Crippen molar-refractivity contribution in [1.82, 2.24) is 9.88 Å². The fourth-order valence-corrected chi connectivity index (χ4v) is 4.55. The number of para-hydroxylation sites is 1. The third kappa shape index (κ3) is 4.10. The first-order chi connectivity index (χ1) is 14.9. The minimum Gasteiger partial charge on any atom is -0.343 e. The van der Waals surface area contributed by atoms with E-state index in [1.807, 2.05) is 6.07 Å². The fraction of sp³-hybridized carbons (Fsp3) is 0.214. The van der Waals surface area contributed by atoms with Crippen LogP contribution < -0.4 is 5.32 Å². The van der Waals surface area contributed by atoms with Crippen LogP contribution in [0, 0.1) is 0 Å². The van der Waals surface area contributed by atoms with Gasteiger partial charge in [-0.05, 0) is 60.2 Å². The minimum atomic E-state index is 0.669. The van der Waals surface area contributed by atoms with Crippen molar-refractivity contribution in [2.45, 2.75) is 25.3 Å². The van der Waals surface area contributed by atoms with Crippen LogP contribution in [0.4, 0.5) is 0 Å². The molecule has 0 unspecified atom stereocenters. The van der Waals surface area contributed by atoms with Crippen LogP contribution in [0.15, 0.2) is 85.1 Å². The van der Waals surface area contributed by atoms with E-state index < -0.39 is 0 Å². The van der Waals surface area contributed by atoms with Gasteiger partial charge in [-0.3, -0.25) is 0 Å². The van der Waals surface area contributed by atoms with Crippen LogP contribution in [0.5, 0.6) is 0 Å². The maximum atomic E-state index is 3.49. The molecule has 150 valence electrons. The summed E-state index contributed by atoms with van der Waals surface area (Å²) >= 11 is 0. The van der Waals surface area contributed by atoms with Crippen LogP contribution in [0.3, 0.4) is 0 Å². The third-order valence-corrected chi connectivity index (χ3v) is 6.20. The lowest BCUT2D eigenvalue weighted by Gasteiger charge is -2.22. The maximum Gasteiger partial charge on any atom is 0.0486 e. The van der Waals surface area contributed by atoms with Crippen LogP contribution in [-0.4, -0.2) is 17.7 Å². The molecule has 0 radical (unpaired) electrons. The lowest BCUT2D eigenvalue weighted by Crippen LogP contribution is -2.26. The topological polar surface area (TPSA) is 17.0 Å². The van der Waals surface area contributed by atoms with Crippen LogP contribution >= 0.6 is 0 Å². The average Bonchev–Trinajstić information content (AvgIpc) is 3.18. The van der Waals surface area contributed by atoms with Gasteiger partial charge in [0, 0.05) is 23.6 Å². The molecular formula is C28H28N2. The van der Waals surface area contributed by atoms with Gasteiger partial charge >= 0.3 is 0 Å². The molecule has 2 heterocycles. The van der Waals surface area contributed by atoms with E-state index in [1.54, 1.807) is 0 Å². The molecule has 0 bridgehead atoms. The number of fused-ring (bicyclic) bond motifs is 1. The normalized spacial score (nSPS) is 15.2. The monoisotopic (exact) mass is 392 g/mol. The third-order valence-electron chi connectivity index (χ3n) is 6.20. The van der Waals surface area contributed by atoms with Crippen molar-refractivity contribution in [1.29, 1.82) is 0 Å². The van der Waals surface area contributed by atoms with Gasteiger partial charge in [-0.1, -0.05) is 84.9 Å². The first-order valence-corrected chi connectivity index (χ1v) is 11.0. The van der Waals surface area contributed by atoms with Crippen molar-refractivity contribution in [3.63, 3.8) is 0 Å². The van der Waals surface area contributed by atoms with Crippen LogP contribution in [0.25, 0.3) is 23.1 Å². The predicted octanol–water partition coefficient (Wildman–Crippen LogP) is 6.33. The SMILES string of the molecule is C(=C\c1ccc(Cn2cc(C3CCNCC3)c3ccccc32)cc1)/c1ccccc1. The van der Waals surface area contributed by atoms with E-state index in [1.165, 1.54) is 46.0 Å². The Balaban J connectivity index is 1.37. The first-order valence-electron chi connectivity index (χ1n) is 11.0. The maximum absolute atomic E-state index is 3.49. The summed E-state index contributed by atoms with van der Waals surface area (Å²) in [6.45, 7) is 3.17. The second-order valence-electron chi connectivity index (χ2n) is 8.24. The molecule has 1 aromatic heterocycles. The van der Waals surface area contributed by atoms with Gasteiger partial charge in [-0.2, -0.15) is 0 Å². The molecule has 30 heavy (non-hydrogen) atoms. The summed E-state index contributed by atoms with van der Waals surface area (Å²) in [5.41, 5.74) is 6.67. The highest BCUT2D eigenvalue weighted by Gasteiger charge is 2.20. The Kier molecular flexibility index (Phi) is 5.50. The van der Waals surface area contributed by atoms with Gasteiger partial charge in [0.05, 0.1) is 0 Å². The largest absolute Gasteiger partial charge is 0.343 e. The van der Waals surface area contributed by atoms with Gasteiger partial charge < -0.3 is 9.88 Å². The Morgan fingerprint density at radius 2 is 1.43 bits per heavy atom. The Bertz CT molecular complexity index is 1130. The zero-order chi connectivity index (χ0) is 20.2. The molecule has 5 rings (SSSR count). The smallest absolute Gasteiger partial charge is 0.0486 e. The molecule has 0 atom stereocenters. The highest BCUT2D eigenvalue weighted by molar-refractivity contribution is 5.84. The number of nitrogens with one attached hydrogen (secondary N) is 1. The van der Waals surface area contributed by atoms with E-state index in [9.17, 15) is 0 Å². The van der Waals surface area contributed by atoms with Crippen molar-refractivity contribution in [2.75, 3.05) is 13.1 Å². The number of nitrogens with zero attached hydrogens (tertiary/aromatic N) is 1. The van der Waals surface area contributed by atoms with Gasteiger partial charge in [-0.15, -0.1) is 0 Å². The molecule has 1 aliphatic rings. The lowest BCUT2D eigenvalue weighted by atomic mass is 9.90. The molecule has 1 saturated heterocycles. The lowest BCUT2D eigenvalue weighted by molar-refractivity contribution is 0.461. The van der Waals surface area contributed by atoms with Gasteiger partial charge in [-0.25, -0.2) is 0 Å². The molecule has 0 spiro atoms. The summed E-state index contributed by atoms with van der Waals surface area (Å²) in [5.74, 6) is 0.669. The van der Waals surface area contributed by atoms with E-state index >= 15 is 0 Å². The van der Waals surface area contributed by atoms with E-state index in [-0.39, 0.29) is 0 Å². The first kappa shape index (κ1) is 18.9. The summed E-state index contributed by atoms with van der Waals surface area (Å²) in [5, 5.41) is 4.92. The van der Waals surface area contributed by atoms with Crippen LogP contribution in [-0.2, 0) is 6.54 Å². The number of rotatable bonds is 5. The second kappa shape index (κ2) is 8.73. The highest BCUT2D eigenvalue weighted by atomic mass is 15.0. The summed E-state index contributed by atoms with van der Waals surface area (Å²) in [6, 6.07) is 28.3. The molecule has 4 aromatic rings. The minimum absolute atomic E-state index is 0.669. The number of hydrogen-bond acceptors (Lipinski definition) is 1. The van der Waals surface area contributed by atoms with Crippen molar-refractivity contribution in [3.05, 3.63) is 107 Å². The summed E-state index contributed by atoms with van der Waals surface area (Å²) < 4.78 is 2.43. The zero-order valence-corrected chi connectivity index (χ0v) is 17.3. The number of hydrogen-bond donors (Lipinski definition) is 1. The van der Waals surface area contributed by atoms with Gasteiger partial charge in [0.1, 0.15) is 0 Å². The molecule has 1 fully saturated rings. The highest BCUT2D eigenvalue weighted by Crippen LogP contribution is 2.33. The summed E-state index contributed by atoms with van der Waals surface area (Å²) in [6.07, 6.45) is 9.22. The Morgan fingerprint density at radius 3 is 2.20 bits per heavy atom. The van der Waals surface area contributed by atoms with E-state index in [2.05, 4.69) is 101 Å². The number of piperidine rings is 1. The van der Waals surface area contributed by atoms with Crippen molar-refractivity contribution >= 4 is 23.1 Å². The number of benzene rings is 3. The summed E-state index contributed by atoms with van der Waals surface area (Å²) in [7, 11) is 0. The van der Waals surface area contributed by atoms with Crippen molar-refractivity contribution in [3.8, 4) is 0 Å². The standard InChI is InChI=1S/C28H28N2/c1-2-6-22(7-3-1)10-11-23-12-14-24(15-13-23)20-30-21-27(25-16-18-29-19-17-25)26-8-4-5-9-28(26)30/h1-15,21,25,29H,16-20H2/b11-10+. The van der Waals surface area contributed by atoms with Crippen molar-refractivity contribution < 1.29 is 0 Å². The molecule has 2 nitrogen and oxygen atoms in total. The van der Waals surface area contributed by atoms with E-state index in [4.69, 9.17) is 0 Å². The Morgan fingerprint density at radius 1 is 0.767 bits per heavy atom. The molecular weight excluding hydrogens is 364 g/mol. The Labute approximate surface area is 178 Å². The fourth-order valence-electron chi connectivity index (χ4n) is 4.55. The molecule has 0 aliphatic carbocycles. The molecule has 3 aromatic carbocycles. The average molecular weight is 393 g/mol. The summed E-state index contributed by atoms with van der Waals surface area (Å²) in [4.78, 5) is 0. The molecule has 0 saturated carbocycles. The quantitative estimate of drug-likeness (QED) is 0.393. The van der Waals surface area contributed by atoms with Crippen LogP contribution in [0.1, 0.15) is 41.0 Å². The van der Waals surface area contributed by atoms with E-state index in [0.29, 0.717) is 5.92 Å². The molecule has 0 amide bonds.